The van der Waals surface area contributed by atoms with Crippen LogP contribution in [0.15, 0.2) is 12.2 Å². The van der Waals surface area contributed by atoms with Crippen LogP contribution in [0.5, 0.6) is 0 Å². The van der Waals surface area contributed by atoms with E-state index in [-0.39, 0.29) is 11.9 Å². The number of hydrogen-bond donors (Lipinski definition) is 0. The smallest absolute Gasteiger partial charge is 0.350 e. The maximum atomic E-state index is 12.4. The summed E-state index contributed by atoms with van der Waals surface area (Å²) in [6.45, 7) is 0. The Morgan fingerprint density at radius 1 is 1.08 bits per heavy atom. The van der Waals surface area contributed by atoms with Crippen LogP contribution in [0.25, 0.3) is 0 Å². The Morgan fingerprint density at radius 2 is 1.92 bits per heavy atom. The molecule has 3 aliphatic heterocycles. The van der Waals surface area contributed by atoms with E-state index in [0.29, 0.717) is 6.42 Å². The molecule has 0 aromatic carbocycles. The van der Waals surface area contributed by atoms with Gasteiger partial charge in [-0.3, -0.25) is 4.79 Å². The molecule has 5 aliphatic rings. The third kappa shape index (κ3) is 2.68. The molecule has 5 rings (SSSR count). The van der Waals surface area contributed by atoms with Crippen molar-refractivity contribution in [2.45, 2.75) is 87.9 Å². The van der Waals surface area contributed by atoms with Crippen LogP contribution >= 0.6 is 0 Å². The molecule has 3 saturated heterocycles. The fourth-order valence-corrected chi connectivity index (χ4v) is 4.74. The second-order valence-corrected chi connectivity index (χ2v) is 7.88. The van der Waals surface area contributed by atoms with Gasteiger partial charge >= 0.3 is 11.9 Å². The third-order valence-corrected chi connectivity index (χ3v) is 6.13. The van der Waals surface area contributed by atoms with E-state index in [4.69, 9.17) is 23.7 Å². The molecule has 4 fully saturated rings. The lowest BCUT2D eigenvalue weighted by atomic mass is 9.94. The summed E-state index contributed by atoms with van der Waals surface area (Å²) in [6, 6.07) is 0. The normalized spacial score (nSPS) is 43.2. The molecule has 2 aliphatic carbocycles. The van der Waals surface area contributed by atoms with Crippen LogP contribution in [-0.2, 0) is 33.3 Å². The Kier molecular flexibility index (Phi) is 4.06. The molecule has 142 valence electrons. The van der Waals surface area contributed by atoms with E-state index in [2.05, 4.69) is 6.08 Å². The first-order chi connectivity index (χ1) is 12.7. The van der Waals surface area contributed by atoms with E-state index in [9.17, 15) is 9.59 Å². The molecule has 0 aromatic heterocycles. The SMILES string of the molecule is O=C(OC1C(=O)OC2C3OC4(CCCCC4)OC3OC12)C1CC=CCC1. The molecule has 26 heavy (non-hydrogen) atoms. The first-order valence-electron chi connectivity index (χ1n) is 9.72. The van der Waals surface area contributed by atoms with Crippen molar-refractivity contribution in [1.29, 1.82) is 0 Å². The zero-order chi connectivity index (χ0) is 17.7. The van der Waals surface area contributed by atoms with Gasteiger partial charge in [-0.1, -0.05) is 18.6 Å². The summed E-state index contributed by atoms with van der Waals surface area (Å²) in [5.41, 5.74) is 0. The van der Waals surface area contributed by atoms with Crippen LogP contribution in [0.1, 0.15) is 51.4 Å². The lowest BCUT2D eigenvalue weighted by molar-refractivity contribution is -0.246. The predicted octanol–water partition coefficient (Wildman–Crippen LogP) is 1.98. The van der Waals surface area contributed by atoms with Crippen LogP contribution in [0.4, 0.5) is 0 Å². The van der Waals surface area contributed by atoms with Crippen LogP contribution in [-0.4, -0.2) is 48.4 Å². The fraction of sp³-hybridized carbons (Fsp3) is 0.789. The largest absolute Gasteiger partial charge is 0.454 e. The van der Waals surface area contributed by atoms with Gasteiger partial charge in [0.1, 0.15) is 6.10 Å². The zero-order valence-corrected chi connectivity index (χ0v) is 14.6. The van der Waals surface area contributed by atoms with Gasteiger partial charge in [0.25, 0.3) is 0 Å². The van der Waals surface area contributed by atoms with Gasteiger partial charge in [0, 0.05) is 12.8 Å². The number of hydrogen-bond acceptors (Lipinski definition) is 7. The maximum Gasteiger partial charge on any atom is 0.350 e. The van der Waals surface area contributed by atoms with Crippen molar-refractivity contribution in [3.63, 3.8) is 0 Å². The number of ether oxygens (including phenoxy) is 5. The number of carbonyl (C=O) groups excluding carboxylic acids is 2. The van der Waals surface area contributed by atoms with Crippen molar-refractivity contribution in [1.82, 2.24) is 0 Å². The number of fused-ring (bicyclic) bond motifs is 3. The second kappa shape index (κ2) is 6.32. The number of carbonyl (C=O) groups is 2. The highest BCUT2D eigenvalue weighted by atomic mass is 16.9. The molecule has 0 N–H and O–H groups in total. The molecule has 0 aromatic rings. The van der Waals surface area contributed by atoms with Crippen molar-refractivity contribution in [2.75, 3.05) is 0 Å². The van der Waals surface area contributed by atoms with Crippen molar-refractivity contribution in [3.05, 3.63) is 12.2 Å². The Morgan fingerprint density at radius 3 is 2.69 bits per heavy atom. The second-order valence-electron chi connectivity index (χ2n) is 7.88. The Labute approximate surface area is 151 Å². The summed E-state index contributed by atoms with van der Waals surface area (Å²) in [4.78, 5) is 24.7. The average Bonchev–Trinajstić information content (AvgIpc) is 3.25. The van der Waals surface area contributed by atoms with Crippen LogP contribution in [0.3, 0.4) is 0 Å². The highest BCUT2D eigenvalue weighted by Gasteiger charge is 2.65. The van der Waals surface area contributed by atoms with Gasteiger partial charge in [0.05, 0.1) is 5.92 Å². The molecule has 7 heteroatoms. The number of allylic oxidation sites excluding steroid dienone is 2. The predicted molar refractivity (Wildman–Crippen MR) is 86.7 cm³/mol. The van der Waals surface area contributed by atoms with Crippen LogP contribution < -0.4 is 0 Å². The molecular weight excluding hydrogens is 340 g/mol. The van der Waals surface area contributed by atoms with Crippen LogP contribution in [0, 0.1) is 5.92 Å². The molecule has 7 nitrogen and oxygen atoms in total. The van der Waals surface area contributed by atoms with Gasteiger partial charge in [-0.2, -0.15) is 0 Å². The molecule has 1 spiro atoms. The van der Waals surface area contributed by atoms with E-state index in [0.717, 1.165) is 38.5 Å². The van der Waals surface area contributed by atoms with E-state index in [1.807, 2.05) is 6.08 Å². The van der Waals surface area contributed by atoms with Crippen LogP contribution in [0.2, 0.25) is 0 Å². The van der Waals surface area contributed by atoms with Gasteiger partial charge in [-0.05, 0) is 32.1 Å². The maximum absolute atomic E-state index is 12.4. The summed E-state index contributed by atoms with van der Waals surface area (Å²) < 4.78 is 29.1. The third-order valence-electron chi connectivity index (χ3n) is 6.13. The average molecular weight is 364 g/mol. The van der Waals surface area contributed by atoms with Gasteiger partial charge in [-0.15, -0.1) is 0 Å². The van der Waals surface area contributed by atoms with Crippen molar-refractivity contribution in [3.8, 4) is 0 Å². The highest BCUT2D eigenvalue weighted by molar-refractivity contribution is 5.83. The summed E-state index contributed by atoms with van der Waals surface area (Å²) in [5.74, 6) is -1.71. The minimum Gasteiger partial charge on any atom is -0.454 e. The van der Waals surface area contributed by atoms with Gasteiger partial charge in [0.2, 0.25) is 6.10 Å². The van der Waals surface area contributed by atoms with E-state index < -0.39 is 42.5 Å². The first kappa shape index (κ1) is 16.7. The summed E-state index contributed by atoms with van der Waals surface area (Å²) in [6.07, 6.45) is 7.99. The zero-order valence-electron chi connectivity index (χ0n) is 14.6. The monoisotopic (exact) mass is 364 g/mol. The lowest BCUT2D eigenvalue weighted by Gasteiger charge is -2.33. The standard InChI is InChI=1S/C19H24O7/c20-16(11-7-3-1-4-8-11)23-14-12-13(22-17(14)21)15-18(24-12)26-19(25-15)9-5-2-6-10-19/h1,3,11-15,18H,2,4-10H2. The molecule has 0 bridgehead atoms. The Bertz CT molecular complexity index is 623. The van der Waals surface area contributed by atoms with Crippen molar-refractivity contribution >= 4 is 11.9 Å². The molecule has 6 unspecified atom stereocenters. The number of esters is 2. The van der Waals surface area contributed by atoms with Gasteiger partial charge in [0.15, 0.2) is 24.3 Å². The molecular formula is C19H24O7. The van der Waals surface area contributed by atoms with E-state index in [1.54, 1.807) is 0 Å². The minimum atomic E-state index is -1.03. The van der Waals surface area contributed by atoms with Crippen molar-refractivity contribution in [2.24, 2.45) is 5.92 Å². The summed E-state index contributed by atoms with van der Waals surface area (Å²) in [5, 5.41) is 0. The molecule has 6 atom stereocenters. The molecule has 0 amide bonds. The quantitative estimate of drug-likeness (QED) is 0.547. The topological polar surface area (TPSA) is 80.3 Å². The van der Waals surface area contributed by atoms with Gasteiger partial charge in [-0.25, -0.2) is 4.79 Å². The fourth-order valence-electron chi connectivity index (χ4n) is 4.74. The Balaban J connectivity index is 1.26. The number of rotatable bonds is 2. The summed E-state index contributed by atoms with van der Waals surface area (Å²) in [7, 11) is 0. The lowest BCUT2D eigenvalue weighted by Crippen LogP contribution is -2.41. The minimum absolute atomic E-state index is 0.203. The molecule has 0 radical (unpaired) electrons. The first-order valence-corrected chi connectivity index (χ1v) is 9.72. The van der Waals surface area contributed by atoms with E-state index in [1.165, 1.54) is 6.42 Å². The van der Waals surface area contributed by atoms with Crippen molar-refractivity contribution < 1.29 is 33.3 Å². The highest BCUT2D eigenvalue weighted by Crippen LogP contribution is 2.48. The molecule has 3 heterocycles. The summed E-state index contributed by atoms with van der Waals surface area (Å²) >= 11 is 0. The van der Waals surface area contributed by atoms with Gasteiger partial charge < -0.3 is 23.7 Å². The van der Waals surface area contributed by atoms with E-state index >= 15 is 0 Å². The Hall–Kier alpha value is -1.44. The molecule has 1 saturated carbocycles.